The molecule has 0 radical (unpaired) electrons. The van der Waals surface area contributed by atoms with Crippen molar-refractivity contribution >= 4 is 17.7 Å². The zero-order valence-corrected chi connectivity index (χ0v) is 14.6. The van der Waals surface area contributed by atoms with Crippen LogP contribution in [0.2, 0.25) is 0 Å². The van der Waals surface area contributed by atoms with E-state index in [1.54, 1.807) is 6.92 Å². The van der Waals surface area contributed by atoms with Crippen molar-refractivity contribution < 1.29 is 14.3 Å². The van der Waals surface area contributed by atoms with Gasteiger partial charge in [-0.3, -0.25) is 4.79 Å². The van der Waals surface area contributed by atoms with Gasteiger partial charge in [-0.2, -0.15) is 0 Å². The second-order valence-corrected chi connectivity index (χ2v) is 6.03. The second-order valence-electron chi connectivity index (χ2n) is 5.09. The Kier molecular flexibility index (Phi) is 6.04. The lowest BCUT2D eigenvalue weighted by Crippen LogP contribution is -2.08. The quantitative estimate of drug-likeness (QED) is 0.572. The Bertz CT molecular complexity index is 685. The number of rotatable bonds is 7. The molecular weight excluding hydrogens is 314 g/mol. The van der Waals surface area contributed by atoms with Gasteiger partial charge in [-0.15, -0.1) is 10.2 Å². The van der Waals surface area contributed by atoms with Crippen molar-refractivity contribution in [2.45, 2.75) is 32.5 Å². The molecule has 0 fully saturated rings. The van der Waals surface area contributed by atoms with Gasteiger partial charge in [-0.25, -0.2) is 0 Å². The van der Waals surface area contributed by atoms with Crippen molar-refractivity contribution in [1.29, 1.82) is 0 Å². The smallest absolute Gasteiger partial charge is 0.316 e. The van der Waals surface area contributed by atoms with E-state index in [1.165, 1.54) is 22.9 Å². The Labute approximate surface area is 140 Å². The van der Waals surface area contributed by atoms with E-state index in [1.807, 2.05) is 29.8 Å². The summed E-state index contributed by atoms with van der Waals surface area (Å²) in [7, 11) is 1.85. The molecule has 2 aromatic rings. The lowest BCUT2D eigenvalue weighted by atomic mass is 10.1. The number of nitrogens with zero attached hydrogens (tertiary/aromatic N) is 3. The summed E-state index contributed by atoms with van der Waals surface area (Å²) in [5.74, 6) is 1.47. The molecule has 2 rings (SSSR count). The molecule has 0 unspecified atom stereocenters. The molecule has 1 heterocycles. The van der Waals surface area contributed by atoms with E-state index in [0.717, 1.165) is 5.75 Å². The monoisotopic (exact) mass is 335 g/mol. The summed E-state index contributed by atoms with van der Waals surface area (Å²) in [5, 5.41) is 8.85. The normalized spacial score (nSPS) is 10.6. The maximum atomic E-state index is 11.4. The van der Waals surface area contributed by atoms with E-state index in [9.17, 15) is 4.79 Å². The summed E-state index contributed by atoms with van der Waals surface area (Å²) in [5.41, 5.74) is 2.42. The van der Waals surface area contributed by atoms with Gasteiger partial charge in [0, 0.05) is 7.05 Å². The van der Waals surface area contributed by atoms with Crippen LogP contribution in [-0.2, 0) is 23.2 Å². The van der Waals surface area contributed by atoms with Crippen molar-refractivity contribution in [3.63, 3.8) is 0 Å². The first-order valence-corrected chi connectivity index (χ1v) is 8.36. The molecule has 124 valence electrons. The van der Waals surface area contributed by atoms with Crippen LogP contribution in [0.3, 0.4) is 0 Å². The van der Waals surface area contributed by atoms with Crippen molar-refractivity contribution in [2.24, 2.45) is 7.05 Å². The summed E-state index contributed by atoms with van der Waals surface area (Å²) < 4.78 is 12.5. The molecule has 0 amide bonds. The highest BCUT2D eigenvalue weighted by Gasteiger charge is 2.12. The molecule has 0 atom stereocenters. The van der Waals surface area contributed by atoms with Crippen LogP contribution in [0, 0.1) is 13.8 Å². The minimum atomic E-state index is -0.256. The van der Waals surface area contributed by atoms with Crippen LogP contribution >= 0.6 is 11.8 Å². The molecule has 6 nitrogen and oxygen atoms in total. The molecular formula is C16H21N3O3S. The van der Waals surface area contributed by atoms with Crippen LogP contribution in [0.5, 0.6) is 5.75 Å². The number of carbonyl (C=O) groups excluding carboxylic acids is 1. The van der Waals surface area contributed by atoms with Crippen LogP contribution in [0.1, 0.15) is 23.9 Å². The third kappa shape index (κ3) is 4.72. The summed E-state index contributed by atoms with van der Waals surface area (Å²) in [6.07, 6.45) is 0. The van der Waals surface area contributed by atoms with Crippen molar-refractivity contribution in [2.75, 3.05) is 12.4 Å². The number of esters is 1. The van der Waals surface area contributed by atoms with Gasteiger partial charge >= 0.3 is 5.97 Å². The first kappa shape index (κ1) is 17.3. The molecule has 0 saturated carbocycles. The van der Waals surface area contributed by atoms with Gasteiger partial charge in [0.2, 0.25) is 0 Å². The van der Waals surface area contributed by atoms with E-state index in [4.69, 9.17) is 9.47 Å². The fourth-order valence-electron chi connectivity index (χ4n) is 1.87. The van der Waals surface area contributed by atoms with E-state index in [0.29, 0.717) is 24.2 Å². The predicted molar refractivity (Wildman–Crippen MR) is 88.6 cm³/mol. The number of ether oxygens (including phenoxy) is 2. The molecule has 7 heteroatoms. The molecule has 0 N–H and O–H groups in total. The molecule has 0 aliphatic heterocycles. The molecule has 23 heavy (non-hydrogen) atoms. The first-order chi connectivity index (χ1) is 11.0. The molecule has 0 saturated heterocycles. The SMILES string of the molecule is CCOC(=O)CSc1nnc(COc2ccc(C)c(C)c2)n1C. The standard InChI is InChI=1S/C16H21N3O3S/c1-5-21-15(20)10-23-16-18-17-14(19(16)4)9-22-13-7-6-11(2)12(3)8-13/h6-8H,5,9-10H2,1-4H3. The maximum Gasteiger partial charge on any atom is 0.316 e. The van der Waals surface area contributed by atoms with Gasteiger partial charge in [0.15, 0.2) is 11.0 Å². The third-order valence-electron chi connectivity index (χ3n) is 3.40. The van der Waals surface area contributed by atoms with Crippen LogP contribution in [0.15, 0.2) is 23.4 Å². The van der Waals surface area contributed by atoms with Gasteiger partial charge in [0.25, 0.3) is 0 Å². The van der Waals surface area contributed by atoms with Crippen molar-refractivity contribution in [3.05, 3.63) is 35.2 Å². The van der Waals surface area contributed by atoms with E-state index in [2.05, 4.69) is 24.0 Å². The molecule has 0 spiro atoms. The number of aryl methyl sites for hydroxylation is 2. The third-order valence-corrected chi connectivity index (χ3v) is 4.39. The van der Waals surface area contributed by atoms with Gasteiger partial charge in [0.05, 0.1) is 12.4 Å². The zero-order valence-electron chi connectivity index (χ0n) is 13.8. The lowest BCUT2D eigenvalue weighted by molar-refractivity contribution is -0.139. The minimum absolute atomic E-state index is 0.220. The minimum Gasteiger partial charge on any atom is -0.486 e. The lowest BCUT2D eigenvalue weighted by Gasteiger charge is -2.08. The van der Waals surface area contributed by atoms with Gasteiger partial charge < -0.3 is 14.0 Å². The first-order valence-electron chi connectivity index (χ1n) is 7.38. The zero-order chi connectivity index (χ0) is 16.8. The van der Waals surface area contributed by atoms with Crippen molar-refractivity contribution in [3.8, 4) is 5.75 Å². The molecule has 1 aromatic carbocycles. The predicted octanol–water partition coefficient (Wildman–Crippen LogP) is 2.67. The molecule has 0 bridgehead atoms. The summed E-state index contributed by atoms with van der Waals surface area (Å²) in [6.45, 7) is 6.61. The van der Waals surface area contributed by atoms with Crippen LogP contribution < -0.4 is 4.74 Å². The Balaban J connectivity index is 1.93. The van der Waals surface area contributed by atoms with Crippen LogP contribution in [-0.4, -0.2) is 33.1 Å². The number of benzene rings is 1. The summed E-state index contributed by atoms with van der Waals surface area (Å²) in [6, 6.07) is 5.97. The van der Waals surface area contributed by atoms with Crippen molar-refractivity contribution in [1.82, 2.24) is 14.8 Å². The molecule has 0 aliphatic rings. The highest BCUT2D eigenvalue weighted by molar-refractivity contribution is 7.99. The fourth-order valence-corrected chi connectivity index (χ4v) is 2.60. The van der Waals surface area contributed by atoms with E-state index < -0.39 is 0 Å². The highest BCUT2D eigenvalue weighted by atomic mass is 32.2. The van der Waals surface area contributed by atoms with E-state index >= 15 is 0 Å². The Hall–Kier alpha value is -2.02. The Morgan fingerprint density at radius 3 is 2.74 bits per heavy atom. The fraction of sp³-hybridized carbons (Fsp3) is 0.438. The maximum absolute atomic E-state index is 11.4. The summed E-state index contributed by atoms with van der Waals surface area (Å²) in [4.78, 5) is 11.4. The largest absolute Gasteiger partial charge is 0.486 e. The number of carbonyl (C=O) groups is 1. The number of aromatic nitrogens is 3. The number of hydrogen-bond acceptors (Lipinski definition) is 6. The van der Waals surface area contributed by atoms with E-state index in [-0.39, 0.29) is 11.7 Å². The number of thioether (sulfide) groups is 1. The van der Waals surface area contributed by atoms with Gasteiger partial charge in [-0.1, -0.05) is 17.8 Å². The highest BCUT2D eigenvalue weighted by Crippen LogP contribution is 2.19. The Morgan fingerprint density at radius 1 is 1.26 bits per heavy atom. The van der Waals surface area contributed by atoms with Crippen LogP contribution in [0.4, 0.5) is 0 Å². The molecule has 1 aromatic heterocycles. The van der Waals surface area contributed by atoms with Gasteiger partial charge in [0.1, 0.15) is 12.4 Å². The van der Waals surface area contributed by atoms with Gasteiger partial charge in [-0.05, 0) is 44.0 Å². The summed E-state index contributed by atoms with van der Waals surface area (Å²) >= 11 is 1.30. The average molecular weight is 335 g/mol. The van der Waals surface area contributed by atoms with Crippen LogP contribution in [0.25, 0.3) is 0 Å². The average Bonchev–Trinajstić information content (AvgIpc) is 2.87. The Morgan fingerprint density at radius 2 is 2.04 bits per heavy atom. The molecule has 0 aliphatic carbocycles. The topological polar surface area (TPSA) is 66.2 Å². The number of hydrogen-bond donors (Lipinski definition) is 0. The second kappa shape index (κ2) is 8.01.